The van der Waals surface area contributed by atoms with Crippen molar-refractivity contribution in [1.82, 2.24) is 14.6 Å². The van der Waals surface area contributed by atoms with Crippen LogP contribution in [0.5, 0.6) is 0 Å². The summed E-state index contributed by atoms with van der Waals surface area (Å²) in [5.41, 5.74) is -0.422. The van der Waals surface area contributed by atoms with Gasteiger partial charge >= 0.3 is 6.18 Å². The minimum Gasteiger partial charge on any atom is -0.376 e. The van der Waals surface area contributed by atoms with Crippen molar-refractivity contribution in [3.8, 4) is 11.1 Å². The lowest BCUT2D eigenvalue weighted by Crippen LogP contribution is -2.20. The Kier molecular flexibility index (Phi) is 4.70. The number of nitrogens with zero attached hydrogens (tertiary/aromatic N) is 3. The minimum absolute atomic E-state index is 0.0118. The molecule has 0 saturated carbocycles. The summed E-state index contributed by atoms with van der Waals surface area (Å²) in [6.07, 6.45) is -2.81. The predicted octanol–water partition coefficient (Wildman–Crippen LogP) is 4.45. The van der Waals surface area contributed by atoms with E-state index in [1.165, 1.54) is 12.1 Å². The number of aryl methyl sites for hydroxylation is 1. The molecule has 1 saturated heterocycles. The number of ether oxygens (including phenoxy) is 1. The van der Waals surface area contributed by atoms with Gasteiger partial charge in [0.1, 0.15) is 11.6 Å². The molecule has 5 nitrogen and oxygen atoms in total. The first-order valence-corrected chi connectivity index (χ1v) is 8.92. The lowest BCUT2D eigenvalue weighted by molar-refractivity contribution is -0.140. The Bertz CT molecular complexity index is 992. The van der Waals surface area contributed by atoms with Crippen molar-refractivity contribution in [2.24, 2.45) is 0 Å². The molecule has 2 aromatic heterocycles. The van der Waals surface area contributed by atoms with Crippen LogP contribution in [0.1, 0.15) is 24.2 Å². The Morgan fingerprint density at radius 1 is 1.25 bits per heavy atom. The van der Waals surface area contributed by atoms with E-state index in [4.69, 9.17) is 4.74 Å². The number of hydrogen-bond acceptors (Lipinski definition) is 4. The molecular formula is C19H18F4N4O. The molecule has 0 spiro atoms. The first kappa shape index (κ1) is 18.7. The van der Waals surface area contributed by atoms with E-state index in [1.807, 2.05) is 0 Å². The summed E-state index contributed by atoms with van der Waals surface area (Å²) in [6, 6.07) is 6.47. The molecule has 0 amide bonds. The Labute approximate surface area is 158 Å². The fourth-order valence-electron chi connectivity index (χ4n) is 3.37. The molecule has 1 atom stereocenters. The van der Waals surface area contributed by atoms with E-state index in [1.54, 1.807) is 13.0 Å². The highest BCUT2D eigenvalue weighted by atomic mass is 19.4. The van der Waals surface area contributed by atoms with Crippen molar-refractivity contribution in [1.29, 1.82) is 0 Å². The topological polar surface area (TPSA) is 51.5 Å². The highest BCUT2D eigenvalue weighted by molar-refractivity contribution is 5.81. The largest absolute Gasteiger partial charge is 0.435 e. The van der Waals surface area contributed by atoms with Gasteiger partial charge in [0.15, 0.2) is 11.3 Å². The Morgan fingerprint density at radius 3 is 2.64 bits per heavy atom. The van der Waals surface area contributed by atoms with Gasteiger partial charge in [-0.15, -0.1) is 0 Å². The molecule has 0 unspecified atom stereocenters. The van der Waals surface area contributed by atoms with Crippen LogP contribution in [-0.4, -0.2) is 33.9 Å². The van der Waals surface area contributed by atoms with Gasteiger partial charge in [-0.2, -0.15) is 22.8 Å². The summed E-state index contributed by atoms with van der Waals surface area (Å²) in [7, 11) is 0. The van der Waals surface area contributed by atoms with E-state index in [0.717, 1.165) is 29.5 Å². The maximum atomic E-state index is 13.7. The quantitative estimate of drug-likeness (QED) is 0.664. The molecule has 0 bridgehead atoms. The number of alkyl halides is 3. The molecule has 1 aromatic carbocycles. The molecule has 1 aliphatic heterocycles. The van der Waals surface area contributed by atoms with Crippen molar-refractivity contribution in [2.75, 3.05) is 18.5 Å². The van der Waals surface area contributed by atoms with Crippen LogP contribution in [0.25, 0.3) is 16.8 Å². The molecule has 0 radical (unpaired) electrons. The average Bonchev–Trinajstić information content (AvgIpc) is 3.27. The van der Waals surface area contributed by atoms with Gasteiger partial charge in [0.25, 0.3) is 0 Å². The van der Waals surface area contributed by atoms with Crippen molar-refractivity contribution >= 4 is 11.5 Å². The molecule has 0 aliphatic carbocycles. The van der Waals surface area contributed by atoms with E-state index in [2.05, 4.69) is 15.4 Å². The second kappa shape index (κ2) is 7.05. The van der Waals surface area contributed by atoms with Gasteiger partial charge in [0.2, 0.25) is 0 Å². The number of fused-ring (bicyclic) bond motifs is 1. The van der Waals surface area contributed by atoms with Gasteiger partial charge in [0, 0.05) is 24.9 Å². The number of benzene rings is 1. The van der Waals surface area contributed by atoms with Gasteiger partial charge < -0.3 is 10.1 Å². The highest BCUT2D eigenvalue weighted by Crippen LogP contribution is 2.39. The molecule has 1 aliphatic rings. The van der Waals surface area contributed by atoms with Gasteiger partial charge in [-0.25, -0.2) is 9.37 Å². The van der Waals surface area contributed by atoms with Crippen molar-refractivity contribution in [3.05, 3.63) is 47.5 Å². The Morgan fingerprint density at radius 2 is 2.00 bits per heavy atom. The summed E-state index contributed by atoms with van der Waals surface area (Å²) in [4.78, 5) is 4.28. The van der Waals surface area contributed by atoms with E-state index >= 15 is 0 Å². The highest BCUT2D eigenvalue weighted by Gasteiger charge is 2.39. The van der Waals surface area contributed by atoms with E-state index < -0.39 is 17.7 Å². The van der Waals surface area contributed by atoms with E-state index in [0.29, 0.717) is 24.7 Å². The zero-order valence-electron chi connectivity index (χ0n) is 15.1. The summed E-state index contributed by atoms with van der Waals surface area (Å²) < 4.78 is 61.1. The molecule has 4 rings (SSSR count). The number of nitrogens with one attached hydrogen (secondary N) is 1. The van der Waals surface area contributed by atoms with Crippen LogP contribution in [0, 0.1) is 12.7 Å². The van der Waals surface area contributed by atoms with E-state index in [9.17, 15) is 17.6 Å². The van der Waals surface area contributed by atoms with Crippen LogP contribution in [0.2, 0.25) is 0 Å². The first-order valence-electron chi connectivity index (χ1n) is 8.92. The maximum absolute atomic E-state index is 13.7. The van der Waals surface area contributed by atoms with Crippen LogP contribution in [0.4, 0.5) is 23.4 Å². The van der Waals surface area contributed by atoms with Crippen molar-refractivity contribution in [2.45, 2.75) is 32.0 Å². The lowest BCUT2D eigenvalue weighted by Gasteiger charge is -2.13. The zero-order chi connectivity index (χ0) is 19.9. The molecule has 1 fully saturated rings. The second-order valence-electron chi connectivity index (χ2n) is 6.76. The third-order valence-electron chi connectivity index (χ3n) is 4.65. The van der Waals surface area contributed by atoms with Crippen LogP contribution >= 0.6 is 0 Å². The second-order valence-corrected chi connectivity index (χ2v) is 6.76. The number of hydrogen-bond donors (Lipinski definition) is 1. The first-order chi connectivity index (χ1) is 13.3. The minimum atomic E-state index is -4.68. The monoisotopic (exact) mass is 394 g/mol. The van der Waals surface area contributed by atoms with Crippen molar-refractivity contribution in [3.63, 3.8) is 0 Å². The Balaban J connectivity index is 1.85. The van der Waals surface area contributed by atoms with Gasteiger partial charge in [0.05, 0.1) is 11.7 Å². The van der Waals surface area contributed by atoms with Gasteiger partial charge in [-0.1, -0.05) is 12.1 Å². The summed E-state index contributed by atoms with van der Waals surface area (Å²) >= 11 is 0. The third kappa shape index (κ3) is 3.54. The summed E-state index contributed by atoms with van der Waals surface area (Å²) in [6.45, 7) is 2.85. The zero-order valence-corrected chi connectivity index (χ0v) is 15.1. The molecule has 148 valence electrons. The smallest absolute Gasteiger partial charge is 0.376 e. The molecule has 28 heavy (non-hydrogen) atoms. The van der Waals surface area contributed by atoms with E-state index in [-0.39, 0.29) is 22.9 Å². The van der Waals surface area contributed by atoms with Gasteiger partial charge in [-0.3, -0.25) is 0 Å². The average molecular weight is 394 g/mol. The third-order valence-corrected chi connectivity index (χ3v) is 4.65. The Hall–Kier alpha value is -2.68. The predicted molar refractivity (Wildman–Crippen MR) is 95.6 cm³/mol. The molecule has 3 heterocycles. The number of halogens is 4. The van der Waals surface area contributed by atoms with Crippen LogP contribution < -0.4 is 5.32 Å². The SMILES string of the molecule is Cc1cc(NC[C@@H]2CCCO2)n2nc(C(F)(F)F)c(-c3ccc(F)cc3)c2n1. The number of rotatable bonds is 4. The normalized spacial score (nSPS) is 17.4. The summed E-state index contributed by atoms with van der Waals surface area (Å²) in [5, 5.41) is 6.93. The van der Waals surface area contributed by atoms with Crippen LogP contribution in [0.15, 0.2) is 30.3 Å². The molecular weight excluding hydrogens is 376 g/mol. The number of aromatic nitrogens is 3. The number of anilines is 1. The molecule has 1 N–H and O–H groups in total. The summed E-state index contributed by atoms with van der Waals surface area (Å²) in [5.74, 6) is -0.131. The van der Waals surface area contributed by atoms with Crippen LogP contribution in [-0.2, 0) is 10.9 Å². The van der Waals surface area contributed by atoms with Crippen molar-refractivity contribution < 1.29 is 22.3 Å². The maximum Gasteiger partial charge on any atom is 0.435 e. The lowest BCUT2D eigenvalue weighted by atomic mass is 10.1. The standard InChI is InChI=1S/C19H18F4N4O/c1-11-9-15(24-10-14-3-2-8-28-14)27-18(25-11)16(17(26-27)19(21,22)23)12-4-6-13(20)7-5-12/h4-7,9,14,24H,2-3,8,10H2,1H3/t14-/m0/s1. The fourth-order valence-corrected chi connectivity index (χ4v) is 3.37. The molecule has 3 aromatic rings. The fraction of sp³-hybridized carbons (Fsp3) is 0.368. The van der Waals surface area contributed by atoms with Gasteiger partial charge in [-0.05, 0) is 37.5 Å². The molecule has 9 heteroatoms. The van der Waals surface area contributed by atoms with Crippen LogP contribution in [0.3, 0.4) is 0 Å².